The number of aryl methyl sites for hydroxylation is 2. The van der Waals surface area contributed by atoms with Crippen LogP contribution in [0.2, 0.25) is 0 Å². The van der Waals surface area contributed by atoms with E-state index in [1.165, 1.54) is 6.07 Å². The first kappa shape index (κ1) is 22.0. The molecule has 1 aliphatic heterocycles. The van der Waals surface area contributed by atoms with Gasteiger partial charge in [-0.15, -0.1) is 0 Å². The Bertz CT molecular complexity index is 1160. The Kier molecular flexibility index (Phi) is 6.02. The van der Waals surface area contributed by atoms with Crippen molar-refractivity contribution in [2.45, 2.75) is 46.3 Å². The van der Waals surface area contributed by atoms with Gasteiger partial charge in [-0.1, -0.05) is 24.3 Å². The van der Waals surface area contributed by atoms with Gasteiger partial charge in [0.15, 0.2) is 0 Å². The van der Waals surface area contributed by atoms with E-state index in [4.69, 9.17) is 4.74 Å². The molecule has 3 aromatic rings. The zero-order chi connectivity index (χ0) is 23.0. The number of aromatic nitrogens is 2. The van der Waals surface area contributed by atoms with Gasteiger partial charge in [0, 0.05) is 29.8 Å². The normalized spacial score (nSPS) is 15.6. The second kappa shape index (κ2) is 8.74. The number of H-pyrrole nitrogens is 1. The van der Waals surface area contributed by atoms with Crippen LogP contribution in [0.25, 0.3) is 11.3 Å². The van der Waals surface area contributed by atoms with E-state index < -0.39 is 11.9 Å². The fraction of sp³-hybridized carbons (Fsp3) is 0.360. The number of fused-ring (bicyclic) bond motifs is 1. The molecule has 2 heterocycles. The van der Waals surface area contributed by atoms with E-state index in [2.05, 4.69) is 10.2 Å². The van der Waals surface area contributed by atoms with Crippen molar-refractivity contribution < 1.29 is 19.0 Å². The van der Waals surface area contributed by atoms with Crippen LogP contribution in [0, 0.1) is 19.7 Å². The minimum absolute atomic E-state index is 0.0997. The van der Waals surface area contributed by atoms with Crippen LogP contribution in [0.3, 0.4) is 0 Å². The molecule has 6 nitrogen and oxygen atoms in total. The number of rotatable bonds is 7. The number of halogens is 1. The van der Waals surface area contributed by atoms with E-state index in [0.717, 1.165) is 5.56 Å². The van der Waals surface area contributed by atoms with Gasteiger partial charge < -0.3 is 14.7 Å². The van der Waals surface area contributed by atoms with Crippen LogP contribution in [-0.4, -0.2) is 45.4 Å². The maximum absolute atomic E-state index is 14.9. The van der Waals surface area contributed by atoms with Crippen molar-refractivity contribution in [2.24, 2.45) is 0 Å². The van der Waals surface area contributed by atoms with Gasteiger partial charge >= 0.3 is 0 Å². The summed E-state index contributed by atoms with van der Waals surface area (Å²) in [7, 11) is 0. The smallest absolute Gasteiger partial charge is 0.273 e. The van der Waals surface area contributed by atoms with Crippen LogP contribution in [0.5, 0.6) is 5.75 Å². The molecule has 1 aromatic heterocycles. The molecule has 0 radical (unpaired) electrons. The maximum Gasteiger partial charge on any atom is 0.273 e. The summed E-state index contributed by atoms with van der Waals surface area (Å²) in [6, 6.07) is 9.54. The molecule has 0 aliphatic carbocycles. The van der Waals surface area contributed by atoms with Crippen LogP contribution in [0.4, 0.5) is 4.39 Å². The Balaban J connectivity index is 1.81. The van der Waals surface area contributed by atoms with Gasteiger partial charge in [-0.05, 0) is 57.4 Å². The molecule has 1 amide bonds. The Morgan fingerprint density at radius 2 is 2.00 bits per heavy atom. The Morgan fingerprint density at radius 3 is 2.72 bits per heavy atom. The predicted octanol–water partition coefficient (Wildman–Crippen LogP) is 4.90. The number of nitrogens with one attached hydrogen (secondary N) is 1. The zero-order valence-corrected chi connectivity index (χ0v) is 18.8. The summed E-state index contributed by atoms with van der Waals surface area (Å²) < 4.78 is 20.6. The first-order chi connectivity index (χ1) is 15.3. The summed E-state index contributed by atoms with van der Waals surface area (Å²) in [6.45, 7) is 8.58. The molecule has 168 valence electrons. The number of ether oxygens (including phenoxy) is 1. The summed E-state index contributed by atoms with van der Waals surface area (Å²) in [4.78, 5) is 15.0. The van der Waals surface area contributed by atoms with Crippen molar-refractivity contribution in [2.75, 3.05) is 13.2 Å². The van der Waals surface area contributed by atoms with Gasteiger partial charge in [0.05, 0.1) is 12.1 Å². The van der Waals surface area contributed by atoms with Crippen molar-refractivity contribution in [1.29, 1.82) is 0 Å². The van der Waals surface area contributed by atoms with Crippen LogP contribution in [-0.2, 0) is 4.74 Å². The van der Waals surface area contributed by atoms with Gasteiger partial charge in [0.25, 0.3) is 5.91 Å². The van der Waals surface area contributed by atoms with E-state index in [0.29, 0.717) is 53.2 Å². The van der Waals surface area contributed by atoms with Crippen LogP contribution >= 0.6 is 0 Å². The summed E-state index contributed by atoms with van der Waals surface area (Å²) in [5.41, 5.74) is 3.98. The van der Waals surface area contributed by atoms with E-state index in [1.54, 1.807) is 23.1 Å². The van der Waals surface area contributed by atoms with Crippen molar-refractivity contribution in [3.63, 3.8) is 0 Å². The summed E-state index contributed by atoms with van der Waals surface area (Å²) in [5, 5.41) is 18.0. The highest BCUT2D eigenvalue weighted by atomic mass is 19.1. The summed E-state index contributed by atoms with van der Waals surface area (Å²) in [5.74, 6) is -0.521. The number of hydrogen-bond donors (Lipinski definition) is 2. The quantitative estimate of drug-likeness (QED) is 0.516. The molecular formula is C25H28FN3O3. The third-order valence-corrected chi connectivity index (χ3v) is 5.76. The van der Waals surface area contributed by atoms with Gasteiger partial charge in [-0.3, -0.25) is 9.89 Å². The molecule has 0 bridgehead atoms. The number of hydrogen-bond acceptors (Lipinski definition) is 4. The average Bonchev–Trinajstić information content (AvgIpc) is 3.28. The van der Waals surface area contributed by atoms with Crippen molar-refractivity contribution in [1.82, 2.24) is 15.1 Å². The Hall–Kier alpha value is -3.19. The number of amides is 1. The summed E-state index contributed by atoms with van der Waals surface area (Å²) >= 11 is 0. The minimum Gasteiger partial charge on any atom is -0.507 e. The molecule has 2 aromatic carbocycles. The highest BCUT2D eigenvalue weighted by Gasteiger charge is 2.43. The van der Waals surface area contributed by atoms with E-state index >= 15 is 0 Å². The second-order valence-electron chi connectivity index (χ2n) is 8.53. The van der Waals surface area contributed by atoms with Gasteiger partial charge in [0.1, 0.15) is 23.0 Å². The molecule has 0 spiro atoms. The lowest BCUT2D eigenvalue weighted by molar-refractivity contribution is 0.0599. The standard InChI is InChI=1S/C25H28FN3O3/c1-14(2)32-11-7-10-29-23(17-8-5-6-9-19(17)26)20-21(27-28-22(20)25(29)31)18-13-15(3)12-16(4)24(18)30/h5-6,8-9,12-14,23,30H,7,10-11H2,1-4H3,(H,27,28). The molecule has 4 rings (SSSR count). The lowest BCUT2D eigenvalue weighted by Gasteiger charge is -2.27. The number of phenols is 1. The van der Waals surface area contributed by atoms with Gasteiger partial charge in [-0.2, -0.15) is 5.10 Å². The molecule has 0 fully saturated rings. The number of benzene rings is 2. The predicted molar refractivity (Wildman–Crippen MR) is 120 cm³/mol. The van der Waals surface area contributed by atoms with Crippen molar-refractivity contribution in [3.8, 4) is 17.0 Å². The lowest BCUT2D eigenvalue weighted by atomic mass is 9.94. The van der Waals surface area contributed by atoms with E-state index in [-0.39, 0.29) is 17.8 Å². The number of carbonyl (C=O) groups is 1. The number of aromatic amines is 1. The molecule has 1 atom stereocenters. The molecule has 7 heteroatoms. The monoisotopic (exact) mass is 437 g/mol. The first-order valence-corrected chi connectivity index (χ1v) is 10.9. The summed E-state index contributed by atoms with van der Waals surface area (Å²) in [6.07, 6.45) is 0.721. The number of carbonyl (C=O) groups excluding carboxylic acids is 1. The number of aromatic hydroxyl groups is 1. The fourth-order valence-corrected chi connectivity index (χ4v) is 4.35. The van der Waals surface area contributed by atoms with Crippen molar-refractivity contribution >= 4 is 5.91 Å². The topological polar surface area (TPSA) is 78.5 Å². The largest absolute Gasteiger partial charge is 0.507 e. The van der Waals surface area contributed by atoms with E-state index in [9.17, 15) is 14.3 Å². The second-order valence-corrected chi connectivity index (χ2v) is 8.53. The zero-order valence-electron chi connectivity index (χ0n) is 18.8. The van der Waals surface area contributed by atoms with E-state index in [1.807, 2.05) is 39.8 Å². The highest BCUT2D eigenvalue weighted by molar-refractivity contribution is 6.00. The van der Waals surface area contributed by atoms with Gasteiger partial charge in [-0.25, -0.2) is 4.39 Å². The Labute approximate surface area is 187 Å². The number of nitrogens with zero attached hydrogens (tertiary/aromatic N) is 2. The lowest BCUT2D eigenvalue weighted by Crippen LogP contribution is -2.31. The molecular weight excluding hydrogens is 409 g/mol. The molecule has 0 saturated carbocycles. The van der Waals surface area contributed by atoms with Crippen molar-refractivity contribution in [3.05, 3.63) is 70.2 Å². The fourth-order valence-electron chi connectivity index (χ4n) is 4.35. The van der Waals surface area contributed by atoms with Crippen LogP contribution in [0.15, 0.2) is 36.4 Å². The first-order valence-electron chi connectivity index (χ1n) is 10.9. The molecule has 1 aliphatic rings. The maximum atomic E-state index is 14.9. The minimum atomic E-state index is -0.647. The highest BCUT2D eigenvalue weighted by Crippen LogP contribution is 2.45. The third-order valence-electron chi connectivity index (χ3n) is 5.76. The molecule has 2 N–H and O–H groups in total. The molecule has 32 heavy (non-hydrogen) atoms. The average molecular weight is 438 g/mol. The molecule has 1 unspecified atom stereocenters. The van der Waals surface area contributed by atoms with Gasteiger partial charge in [0.2, 0.25) is 0 Å². The van der Waals surface area contributed by atoms with Crippen LogP contribution in [0.1, 0.15) is 59.1 Å². The molecule has 0 saturated heterocycles. The SMILES string of the molecule is Cc1cc(C)c(O)c(-c2n[nH]c3c2C(c2ccccc2F)N(CCCOC(C)C)C3=O)c1. The third kappa shape index (κ3) is 3.88. The number of phenolic OH excluding ortho intramolecular Hbond substituents is 1. The van der Waals surface area contributed by atoms with Crippen LogP contribution < -0.4 is 0 Å². The Morgan fingerprint density at radius 1 is 1.25 bits per heavy atom.